The Morgan fingerprint density at radius 1 is 1.26 bits per heavy atom. The van der Waals surface area contributed by atoms with Gasteiger partial charge in [-0.3, -0.25) is 0 Å². The van der Waals surface area contributed by atoms with E-state index in [9.17, 15) is 0 Å². The Morgan fingerprint density at radius 3 is 2.68 bits per heavy atom. The normalized spacial score (nSPS) is 24.2. The first-order valence-corrected chi connectivity index (χ1v) is 7.72. The Kier molecular flexibility index (Phi) is 4.35. The lowest BCUT2D eigenvalue weighted by Crippen LogP contribution is -2.43. The van der Waals surface area contributed by atoms with Crippen molar-refractivity contribution in [3.05, 3.63) is 34.9 Å². The van der Waals surface area contributed by atoms with Crippen LogP contribution in [0.15, 0.2) is 18.2 Å². The van der Waals surface area contributed by atoms with Crippen LogP contribution in [0, 0.1) is 25.2 Å². The van der Waals surface area contributed by atoms with E-state index in [-0.39, 0.29) is 0 Å². The van der Waals surface area contributed by atoms with Crippen molar-refractivity contribution in [1.29, 1.82) is 0 Å². The molecule has 1 aliphatic carbocycles. The summed E-state index contributed by atoms with van der Waals surface area (Å²) < 4.78 is 0. The third-order valence-corrected chi connectivity index (χ3v) is 5.07. The molecule has 0 bridgehead atoms. The fourth-order valence-corrected chi connectivity index (χ4v) is 3.73. The minimum absolute atomic E-state index is 0.302. The zero-order valence-electron chi connectivity index (χ0n) is 13.0. The van der Waals surface area contributed by atoms with E-state index < -0.39 is 0 Å². The van der Waals surface area contributed by atoms with E-state index in [0.717, 1.165) is 6.42 Å². The standard InChI is InChI=1S/C18H29N/c1-13-8-9-14(2)15(11-13)12-17(19)16-7-5-6-10-18(16,3)4/h8-9,11,16-17H,5-7,10,12,19H2,1-4H3. The molecule has 1 saturated carbocycles. The second-order valence-electron chi connectivity index (χ2n) is 7.14. The van der Waals surface area contributed by atoms with Crippen molar-refractivity contribution in [2.45, 2.75) is 65.8 Å². The van der Waals surface area contributed by atoms with Gasteiger partial charge in [-0.2, -0.15) is 0 Å². The average Bonchev–Trinajstić information content (AvgIpc) is 2.33. The molecule has 1 nitrogen and oxygen atoms in total. The summed E-state index contributed by atoms with van der Waals surface area (Å²) in [7, 11) is 0. The van der Waals surface area contributed by atoms with Gasteiger partial charge in [-0.05, 0) is 55.6 Å². The van der Waals surface area contributed by atoms with Crippen LogP contribution in [0.25, 0.3) is 0 Å². The number of nitrogens with two attached hydrogens (primary N) is 1. The Labute approximate surface area is 118 Å². The summed E-state index contributed by atoms with van der Waals surface area (Å²) in [6, 6.07) is 7.03. The third-order valence-electron chi connectivity index (χ3n) is 5.07. The van der Waals surface area contributed by atoms with Gasteiger partial charge in [0, 0.05) is 6.04 Å². The molecule has 2 unspecified atom stereocenters. The molecule has 0 spiro atoms. The van der Waals surface area contributed by atoms with Gasteiger partial charge in [0.25, 0.3) is 0 Å². The van der Waals surface area contributed by atoms with Crippen LogP contribution in [0.2, 0.25) is 0 Å². The number of hydrogen-bond donors (Lipinski definition) is 1. The Morgan fingerprint density at radius 2 is 2.00 bits per heavy atom. The van der Waals surface area contributed by atoms with Crippen molar-refractivity contribution >= 4 is 0 Å². The Bertz CT molecular complexity index is 433. The van der Waals surface area contributed by atoms with Gasteiger partial charge in [0.1, 0.15) is 0 Å². The lowest BCUT2D eigenvalue weighted by molar-refractivity contribution is 0.112. The summed E-state index contributed by atoms with van der Waals surface area (Å²) in [6.07, 6.45) is 6.40. The fourth-order valence-electron chi connectivity index (χ4n) is 3.73. The van der Waals surface area contributed by atoms with Crippen LogP contribution in [-0.4, -0.2) is 6.04 Å². The molecule has 1 fully saturated rings. The molecule has 2 atom stereocenters. The van der Waals surface area contributed by atoms with Gasteiger partial charge in [-0.1, -0.05) is 50.5 Å². The molecular weight excluding hydrogens is 230 g/mol. The van der Waals surface area contributed by atoms with E-state index >= 15 is 0 Å². The van der Waals surface area contributed by atoms with E-state index in [4.69, 9.17) is 5.73 Å². The predicted octanol–water partition coefficient (Wildman–Crippen LogP) is 4.39. The lowest BCUT2D eigenvalue weighted by atomic mass is 9.65. The second kappa shape index (κ2) is 5.66. The van der Waals surface area contributed by atoms with Crippen LogP contribution in [0.3, 0.4) is 0 Å². The summed E-state index contributed by atoms with van der Waals surface area (Å²) in [5.74, 6) is 0.668. The minimum Gasteiger partial charge on any atom is -0.327 e. The molecule has 1 aromatic carbocycles. The molecule has 0 heterocycles. The SMILES string of the molecule is Cc1ccc(C)c(CC(N)C2CCCCC2(C)C)c1. The molecule has 106 valence electrons. The van der Waals surface area contributed by atoms with Crippen LogP contribution in [0.4, 0.5) is 0 Å². The number of benzene rings is 1. The molecule has 2 rings (SSSR count). The van der Waals surface area contributed by atoms with E-state index in [2.05, 4.69) is 45.9 Å². The molecule has 1 heteroatoms. The molecule has 1 aliphatic rings. The number of aryl methyl sites for hydroxylation is 2. The van der Waals surface area contributed by atoms with E-state index in [1.165, 1.54) is 42.4 Å². The minimum atomic E-state index is 0.302. The van der Waals surface area contributed by atoms with Crippen molar-refractivity contribution < 1.29 is 0 Å². The number of hydrogen-bond acceptors (Lipinski definition) is 1. The van der Waals surface area contributed by atoms with Crippen LogP contribution in [0.1, 0.15) is 56.2 Å². The van der Waals surface area contributed by atoms with Crippen molar-refractivity contribution in [3.63, 3.8) is 0 Å². The molecule has 0 amide bonds. The molecule has 1 aromatic rings. The van der Waals surface area contributed by atoms with Crippen LogP contribution < -0.4 is 5.73 Å². The average molecular weight is 259 g/mol. The van der Waals surface area contributed by atoms with Gasteiger partial charge >= 0.3 is 0 Å². The molecule has 0 radical (unpaired) electrons. The van der Waals surface area contributed by atoms with Crippen molar-refractivity contribution in [1.82, 2.24) is 0 Å². The second-order valence-corrected chi connectivity index (χ2v) is 7.14. The molecule has 0 aliphatic heterocycles. The molecule has 2 N–H and O–H groups in total. The highest BCUT2D eigenvalue weighted by atomic mass is 14.7. The van der Waals surface area contributed by atoms with Gasteiger partial charge in [0.05, 0.1) is 0 Å². The smallest absolute Gasteiger partial charge is 0.0113 e. The van der Waals surface area contributed by atoms with Gasteiger partial charge in [-0.15, -0.1) is 0 Å². The van der Waals surface area contributed by atoms with E-state index in [0.29, 0.717) is 17.4 Å². The quantitative estimate of drug-likeness (QED) is 0.856. The summed E-state index contributed by atoms with van der Waals surface area (Å²) in [4.78, 5) is 0. The molecular formula is C18H29N. The Hall–Kier alpha value is -0.820. The molecule has 19 heavy (non-hydrogen) atoms. The van der Waals surface area contributed by atoms with Gasteiger partial charge < -0.3 is 5.73 Å². The highest BCUT2D eigenvalue weighted by Gasteiger charge is 2.35. The third kappa shape index (κ3) is 3.39. The van der Waals surface area contributed by atoms with Crippen LogP contribution in [0.5, 0.6) is 0 Å². The monoisotopic (exact) mass is 259 g/mol. The van der Waals surface area contributed by atoms with E-state index in [1.807, 2.05) is 0 Å². The zero-order valence-corrected chi connectivity index (χ0v) is 13.0. The maximum atomic E-state index is 6.58. The van der Waals surface area contributed by atoms with Crippen LogP contribution >= 0.6 is 0 Å². The van der Waals surface area contributed by atoms with Crippen molar-refractivity contribution in [2.24, 2.45) is 17.1 Å². The largest absolute Gasteiger partial charge is 0.327 e. The highest BCUT2D eigenvalue weighted by molar-refractivity contribution is 5.31. The summed E-state index contributed by atoms with van der Waals surface area (Å²) in [5.41, 5.74) is 11.2. The summed E-state index contributed by atoms with van der Waals surface area (Å²) >= 11 is 0. The van der Waals surface area contributed by atoms with Crippen molar-refractivity contribution in [2.75, 3.05) is 0 Å². The Balaban J connectivity index is 2.11. The van der Waals surface area contributed by atoms with Gasteiger partial charge in [0.2, 0.25) is 0 Å². The zero-order chi connectivity index (χ0) is 14.0. The van der Waals surface area contributed by atoms with Crippen LogP contribution in [-0.2, 0) is 6.42 Å². The number of rotatable bonds is 3. The van der Waals surface area contributed by atoms with Gasteiger partial charge in [0.15, 0.2) is 0 Å². The lowest BCUT2D eigenvalue weighted by Gasteiger charge is -2.42. The first-order valence-electron chi connectivity index (χ1n) is 7.72. The first-order chi connectivity index (χ1) is 8.90. The maximum absolute atomic E-state index is 6.58. The first kappa shape index (κ1) is 14.6. The van der Waals surface area contributed by atoms with Gasteiger partial charge in [-0.25, -0.2) is 0 Å². The highest BCUT2D eigenvalue weighted by Crippen LogP contribution is 2.42. The summed E-state index contributed by atoms with van der Waals surface area (Å²) in [5, 5.41) is 0. The molecule has 0 saturated heterocycles. The topological polar surface area (TPSA) is 26.0 Å². The molecule has 0 aromatic heterocycles. The summed E-state index contributed by atoms with van der Waals surface area (Å²) in [6.45, 7) is 9.17. The van der Waals surface area contributed by atoms with Crippen molar-refractivity contribution in [3.8, 4) is 0 Å². The van der Waals surface area contributed by atoms with E-state index in [1.54, 1.807) is 0 Å². The predicted molar refractivity (Wildman–Crippen MR) is 83.3 cm³/mol. The fraction of sp³-hybridized carbons (Fsp3) is 0.667. The maximum Gasteiger partial charge on any atom is 0.0113 e.